The number of halogens is 1. The highest BCUT2D eigenvalue weighted by Crippen LogP contribution is 2.15. The van der Waals surface area contributed by atoms with Gasteiger partial charge in [0.25, 0.3) is 0 Å². The monoisotopic (exact) mass is 403 g/mol. The molecule has 0 bridgehead atoms. The minimum atomic E-state index is -0.557. The van der Waals surface area contributed by atoms with Gasteiger partial charge in [-0.05, 0) is 47.5 Å². The number of hydrogen-bond acceptors (Lipinski definition) is 6. The Balaban J connectivity index is 0.00000280. The van der Waals surface area contributed by atoms with Crippen molar-refractivity contribution >= 4 is 12.4 Å². The minimum Gasteiger partial charge on any atom is -0.389 e. The van der Waals surface area contributed by atoms with Gasteiger partial charge in [-0.3, -0.25) is 0 Å². The maximum Gasteiger partial charge on any atom is 0.143 e. The number of nitrogens with zero attached hydrogens (tertiary/aromatic N) is 4. The summed E-state index contributed by atoms with van der Waals surface area (Å²) in [6.07, 6.45) is 1.00. The molecule has 0 spiro atoms. The van der Waals surface area contributed by atoms with Gasteiger partial charge in [-0.25, -0.2) is 4.68 Å². The van der Waals surface area contributed by atoms with Crippen molar-refractivity contribution in [2.24, 2.45) is 0 Å². The third-order valence-electron chi connectivity index (χ3n) is 4.37. The zero-order chi connectivity index (χ0) is 19.1. The summed E-state index contributed by atoms with van der Waals surface area (Å²) < 4.78 is 7.21. The summed E-state index contributed by atoms with van der Waals surface area (Å²) in [6.45, 7) is 5.38. The van der Waals surface area contributed by atoms with Gasteiger partial charge in [-0.2, -0.15) is 0 Å². The Morgan fingerprint density at radius 3 is 2.46 bits per heavy atom. The van der Waals surface area contributed by atoms with E-state index in [4.69, 9.17) is 4.74 Å². The summed E-state index contributed by atoms with van der Waals surface area (Å²) in [6, 6.07) is 16.3. The van der Waals surface area contributed by atoms with E-state index in [1.165, 1.54) is 5.56 Å². The second kappa shape index (κ2) is 10.9. The van der Waals surface area contributed by atoms with Crippen LogP contribution in [-0.2, 0) is 11.3 Å². The van der Waals surface area contributed by atoms with E-state index in [0.29, 0.717) is 19.8 Å². The fourth-order valence-corrected chi connectivity index (χ4v) is 2.68. The molecule has 0 saturated heterocycles. The molecule has 2 atom stereocenters. The molecule has 0 radical (unpaired) electrons. The Kier molecular flexibility index (Phi) is 8.53. The summed E-state index contributed by atoms with van der Waals surface area (Å²) >= 11 is 0. The van der Waals surface area contributed by atoms with E-state index < -0.39 is 6.10 Å². The molecule has 3 rings (SSSR count). The number of benzene rings is 2. The van der Waals surface area contributed by atoms with Crippen LogP contribution in [0.4, 0.5) is 0 Å². The van der Waals surface area contributed by atoms with E-state index in [0.717, 1.165) is 16.8 Å². The van der Waals surface area contributed by atoms with Gasteiger partial charge in [0.1, 0.15) is 6.33 Å². The van der Waals surface area contributed by atoms with Gasteiger partial charge in [0.05, 0.1) is 25.0 Å². The van der Waals surface area contributed by atoms with Crippen LogP contribution in [0.1, 0.15) is 29.7 Å². The smallest absolute Gasteiger partial charge is 0.143 e. The largest absolute Gasteiger partial charge is 0.389 e. The van der Waals surface area contributed by atoms with Crippen molar-refractivity contribution in [1.82, 2.24) is 25.5 Å². The summed E-state index contributed by atoms with van der Waals surface area (Å²) in [4.78, 5) is 0. The first-order valence-electron chi connectivity index (χ1n) is 9.00. The lowest BCUT2D eigenvalue weighted by Crippen LogP contribution is -2.32. The molecule has 8 heteroatoms. The average Bonchev–Trinajstić information content (AvgIpc) is 3.22. The number of aromatic nitrogens is 4. The summed E-state index contributed by atoms with van der Waals surface area (Å²) in [5.41, 5.74) is 4.36. The van der Waals surface area contributed by atoms with E-state index >= 15 is 0 Å². The van der Waals surface area contributed by atoms with E-state index in [2.05, 4.69) is 46.8 Å². The van der Waals surface area contributed by atoms with Gasteiger partial charge < -0.3 is 15.2 Å². The number of aliphatic hydroxyl groups is 1. The molecule has 0 aliphatic heterocycles. The highest BCUT2D eigenvalue weighted by Gasteiger charge is 2.10. The third kappa shape index (κ3) is 6.38. The van der Waals surface area contributed by atoms with Crippen LogP contribution < -0.4 is 5.32 Å². The predicted octanol–water partition coefficient (Wildman–Crippen LogP) is 2.62. The molecule has 1 heterocycles. The molecule has 0 saturated carbocycles. The van der Waals surface area contributed by atoms with Crippen molar-refractivity contribution in [2.75, 3.05) is 13.2 Å². The maximum atomic E-state index is 10.1. The van der Waals surface area contributed by atoms with E-state index in [1.54, 1.807) is 11.0 Å². The third-order valence-corrected chi connectivity index (χ3v) is 4.37. The van der Waals surface area contributed by atoms with Gasteiger partial charge in [0.15, 0.2) is 0 Å². The molecule has 0 aliphatic rings. The van der Waals surface area contributed by atoms with Crippen LogP contribution in [-0.4, -0.2) is 44.6 Å². The minimum absolute atomic E-state index is 0. The van der Waals surface area contributed by atoms with E-state index in [-0.39, 0.29) is 18.4 Å². The Morgan fingerprint density at radius 1 is 1.11 bits per heavy atom. The van der Waals surface area contributed by atoms with E-state index in [9.17, 15) is 5.11 Å². The van der Waals surface area contributed by atoms with E-state index in [1.807, 2.05) is 36.4 Å². The average molecular weight is 404 g/mol. The van der Waals surface area contributed by atoms with Crippen molar-refractivity contribution in [1.29, 1.82) is 0 Å². The summed E-state index contributed by atoms with van der Waals surface area (Å²) in [5, 5.41) is 24.6. The summed E-state index contributed by atoms with van der Waals surface area (Å²) in [7, 11) is 0. The molecule has 150 valence electrons. The quantitative estimate of drug-likeness (QED) is 0.571. The fraction of sp³-hybridized carbons (Fsp3) is 0.350. The number of nitrogens with one attached hydrogen (secondary N) is 1. The Morgan fingerprint density at radius 2 is 1.82 bits per heavy atom. The molecule has 28 heavy (non-hydrogen) atoms. The Bertz CT molecular complexity index is 810. The van der Waals surface area contributed by atoms with Gasteiger partial charge >= 0.3 is 0 Å². The first kappa shape index (κ1) is 22.0. The predicted molar refractivity (Wildman–Crippen MR) is 110 cm³/mol. The van der Waals surface area contributed by atoms with Crippen LogP contribution in [0.25, 0.3) is 5.69 Å². The number of aryl methyl sites for hydroxylation is 1. The number of aliphatic hydroxyl groups excluding tert-OH is 1. The topological polar surface area (TPSA) is 85.1 Å². The van der Waals surface area contributed by atoms with Gasteiger partial charge in [0.2, 0.25) is 0 Å². The first-order valence-corrected chi connectivity index (χ1v) is 9.00. The highest BCUT2D eigenvalue weighted by atomic mass is 35.5. The molecule has 0 fully saturated rings. The van der Waals surface area contributed by atoms with Crippen LogP contribution in [0.15, 0.2) is 54.9 Å². The Hall–Kier alpha value is -2.32. The summed E-state index contributed by atoms with van der Waals surface area (Å²) in [5.74, 6) is 0. The fourth-order valence-electron chi connectivity index (χ4n) is 2.68. The molecule has 3 aromatic rings. The number of ether oxygens (including phenoxy) is 1. The second-order valence-corrected chi connectivity index (χ2v) is 6.63. The zero-order valence-corrected chi connectivity index (χ0v) is 16.8. The standard InChI is InChI=1S/C20H25N5O2.ClH/c1-15-3-5-17(6-4-15)12-27-13-20(26)11-21-16(2)18-7-9-19(10-8-18)25-14-22-23-24-25;/h3-10,14,16,20-21,26H,11-13H2,1-2H3;1H. The van der Waals surface area contributed by atoms with Gasteiger partial charge in [0, 0.05) is 12.6 Å². The molecule has 2 N–H and O–H groups in total. The molecule has 1 aromatic heterocycles. The van der Waals surface area contributed by atoms with Gasteiger partial charge in [-0.1, -0.05) is 42.0 Å². The van der Waals surface area contributed by atoms with Crippen molar-refractivity contribution in [3.8, 4) is 5.69 Å². The molecule has 2 aromatic carbocycles. The van der Waals surface area contributed by atoms with Crippen LogP contribution in [0, 0.1) is 6.92 Å². The van der Waals surface area contributed by atoms with Gasteiger partial charge in [-0.15, -0.1) is 17.5 Å². The van der Waals surface area contributed by atoms with Crippen LogP contribution >= 0.6 is 12.4 Å². The first-order chi connectivity index (χ1) is 13.1. The number of rotatable bonds is 9. The lowest BCUT2D eigenvalue weighted by Gasteiger charge is -2.18. The lowest BCUT2D eigenvalue weighted by atomic mass is 10.1. The second-order valence-electron chi connectivity index (χ2n) is 6.63. The molecular formula is C20H26ClN5O2. The van der Waals surface area contributed by atoms with Crippen molar-refractivity contribution in [3.05, 3.63) is 71.5 Å². The maximum absolute atomic E-state index is 10.1. The number of hydrogen-bond donors (Lipinski definition) is 2. The molecule has 0 aliphatic carbocycles. The van der Waals surface area contributed by atoms with Crippen LogP contribution in [0.5, 0.6) is 0 Å². The van der Waals surface area contributed by atoms with Crippen LogP contribution in [0.3, 0.4) is 0 Å². The SMILES string of the molecule is Cc1ccc(COCC(O)CNC(C)c2ccc(-n3cnnn3)cc2)cc1.Cl. The van der Waals surface area contributed by atoms with Crippen molar-refractivity contribution in [2.45, 2.75) is 32.6 Å². The normalized spacial score (nSPS) is 13.0. The molecule has 2 unspecified atom stereocenters. The molecule has 0 amide bonds. The van der Waals surface area contributed by atoms with Crippen molar-refractivity contribution < 1.29 is 9.84 Å². The number of tetrazole rings is 1. The van der Waals surface area contributed by atoms with Crippen LogP contribution in [0.2, 0.25) is 0 Å². The molecular weight excluding hydrogens is 378 g/mol. The molecule has 7 nitrogen and oxygen atoms in total. The lowest BCUT2D eigenvalue weighted by molar-refractivity contribution is 0.0278. The Labute approximate surface area is 171 Å². The van der Waals surface area contributed by atoms with Crippen molar-refractivity contribution in [3.63, 3.8) is 0 Å². The zero-order valence-electron chi connectivity index (χ0n) is 16.0. The highest BCUT2D eigenvalue weighted by molar-refractivity contribution is 5.85.